The third-order valence-corrected chi connectivity index (χ3v) is 4.66. The van der Waals surface area contributed by atoms with Crippen LogP contribution in [0.4, 0.5) is 5.69 Å². The average Bonchev–Trinajstić information content (AvgIpc) is 2.72. The fourth-order valence-electron chi connectivity index (χ4n) is 2.77. The molecule has 0 saturated carbocycles. The van der Waals surface area contributed by atoms with Gasteiger partial charge in [-0.15, -0.1) is 0 Å². The minimum absolute atomic E-state index is 0.0136. The van der Waals surface area contributed by atoms with Crippen molar-refractivity contribution in [2.75, 3.05) is 11.0 Å². The van der Waals surface area contributed by atoms with Gasteiger partial charge in [0.05, 0.1) is 17.5 Å². The predicted octanol–water partition coefficient (Wildman–Crippen LogP) is 3.84. The standard InChI is InChI=1S/C22H19NO5S/c1-29(26,27)23-19-15-9-8-14-18(19)22(25)28-21(17-12-6-3-7-13-17)20(24)16-10-4-2-5-11-16/h2-15,21,23H,1H3. The summed E-state index contributed by atoms with van der Waals surface area (Å²) in [5, 5.41) is 0. The predicted molar refractivity (Wildman–Crippen MR) is 110 cm³/mol. The fourth-order valence-corrected chi connectivity index (χ4v) is 3.35. The molecule has 3 rings (SSSR count). The molecule has 1 atom stereocenters. The van der Waals surface area contributed by atoms with Crippen LogP contribution in [0.2, 0.25) is 0 Å². The van der Waals surface area contributed by atoms with Gasteiger partial charge in [-0.2, -0.15) is 0 Å². The number of nitrogens with one attached hydrogen (secondary N) is 1. The molecular formula is C22H19NO5S. The number of esters is 1. The third kappa shape index (κ3) is 5.30. The molecule has 1 unspecified atom stereocenters. The summed E-state index contributed by atoms with van der Waals surface area (Å²) < 4.78 is 31.1. The van der Waals surface area contributed by atoms with E-state index in [9.17, 15) is 18.0 Å². The summed E-state index contributed by atoms with van der Waals surface area (Å²) in [7, 11) is -3.60. The first-order valence-electron chi connectivity index (χ1n) is 8.77. The van der Waals surface area contributed by atoms with Crippen molar-refractivity contribution in [2.45, 2.75) is 6.10 Å². The normalized spacial score (nSPS) is 12.0. The van der Waals surface area contributed by atoms with Crippen molar-refractivity contribution in [3.05, 3.63) is 102 Å². The Balaban J connectivity index is 1.95. The molecule has 0 aromatic heterocycles. The van der Waals surface area contributed by atoms with Crippen LogP contribution in [0.15, 0.2) is 84.9 Å². The van der Waals surface area contributed by atoms with E-state index in [0.29, 0.717) is 11.1 Å². The van der Waals surface area contributed by atoms with E-state index < -0.39 is 22.1 Å². The van der Waals surface area contributed by atoms with Gasteiger partial charge in [0.15, 0.2) is 6.10 Å². The molecule has 7 heteroatoms. The Morgan fingerprint density at radius 2 is 1.38 bits per heavy atom. The summed E-state index contributed by atoms with van der Waals surface area (Å²) in [5.41, 5.74) is 1.01. The number of rotatable bonds is 7. The van der Waals surface area contributed by atoms with Crippen LogP contribution in [0.5, 0.6) is 0 Å². The van der Waals surface area contributed by atoms with Crippen molar-refractivity contribution in [3.8, 4) is 0 Å². The van der Waals surface area contributed by atoms with E-state index >= 15 is 0 Å². The van der Waals surface area contributed by atoms with E-state index in [0.717, 1.165) is 6.26 Å². The van der Waals surface area contributed by atoms with Crippen molar-refractivity contribution >= 4 is 27.5 Å². The molecule has 148 valence electrons. The Morgan fingerprint density at radius 3 is 2.00 bits per heavy atom. The van der Waals surface area contributed by atoms with Gasteiger partial charge in [-0.1, -0.05) is 72.8 Å². The Labute approximate surface area is 169 Å². The summed E-state index contributed by atoms with van der Waals surface area (Å²) in [6, 6.07) is 23.3. The van der Waals surface area contributed by atoms with Crippen molar-refractivity contribution in [1.29, 1.82) is 0 Å². The molecule has 0 aliphatic carbocycles. The van der Waals surface area contributed by atoms with Gasteiger partial charge < -0.3 is 4.74 Å². The first kappa shape index (κ1) is 20.3. The number of Topliss-reactive ketones (excluding diaryl/α,β-unsaturated/α-hetero) is 1. The molecule has 29 heavy (non-hydrogen) atoms. The highest BCUT2D eigenvalue weighted by atomic mass is 32.2. The molecule has 0 radical (unpaired) electrons. The van der Waals surface area contributed by atoms with Gasteiger partial charge in [-0.05, 0) is 12.1 Å². The van der Waals surface area contributed by atoms with Gasteiger partial charge in [0.2, 0.25) is 15.8 Å². The number of para-hydroxylation sites is 1. The number of carbonyl (C=O) groups is 2. The summed E-state index contributed by atoms with van der Waals surface area (Å²) >= 11 is 0. The molecule has 6 nitrogen and oxygen atoms in total. The van der Waals surface area contributed by atoms with Gasteiger partial charge >= 0.3 is 5.97 Å². The van der Waals surface area contributed by atoms with Gasteiger partial charge in [-0.25, -0.2) is 13.2 Å². The first-order valence-corrected chi connectivity index (χ1v) is 10.7. The maximum Gasteiger partial charge on any atom is 0.341 e. The molecule has 0 fully saturated rings. The zero-order valence-corrected chi connectivity index (χ0v) is 16.4. The number of benzene rings is 3. The minimum atomic E-state index is -3.60. The van der Waals surface area contributed by atoms with E-state index in [2.05, 4.69) is 4.72 Å². The second-order valence-corrected chi connectivity index (χ2v) is 8.09. The third-order valence-electron chi connectivity index (χ3n) is 4.07. The van der Waals surface area contributed by atoms with Gasteiger partial charge in [0, 0.05) is 11.1 Å². The van der Waals surface area contributed by atoms with Gasteiger partial charge in [0.25, 0.3) is 0 Å². The number of sulfonamides is 1. The van der Waals surface area contributed by atoms with E-state index in [1.807, 2.05) is 0 Å². The number of ether oxygens (including phenoxy) is 1. The van der Waals surface area contributed by atoms with E-state index in [1.54, 1.807) is 72.8 Å². The van der Waals surface area contributed by atoms with E-state index in [4.69, 9.17) is 4.74 Å². The lowest BCUT2D eigenvalue weighted by Gasteiger charge is -2.18. The smallest absolute Gasteiger partial charge is 0.341 e. The van der Waals surface area contributed by atoms with Crippen LogP contribution < -0.4 is 4.72 Å². The van der Waals surface area contributed by atoms with Crippen LogP contribution in [0.1, 0.15) is 32.4 Å². The Morgan fingerprint density at radius 1 is 0.828 bits per heavy atom. The van der Waals surface area contributed by atoms with Crippen molar-refractivity contribution in [3.63, 3.8) is 0 Å². The largest absolute Gasteiger partial charge is 0.445 e. The Hall–Kier alpha value is -3.45. The van der Waals surface area contributed by atoms with Crippen molar-refractivity contribution in [1.82, 2.24) is 0 Å². The average molecular weight is 409 g/mol. The number of hydrogen-bond acceptors (Lipinski definition) is 5. The van der Waals surface area contributed by atoms with E-state index in [1.165, 1.54) is 12.1 Å². The highest BCUT2D eigenvalue weighted by molar-refractivity contribution is 7.92. The molecule has 0 bridgehead atoms. The number of anilines is 1. The lowest BCUT2D eigenvalue weighted by atomic mass is 9.99. The number of hydrogen-bond donors (Lipinski definition) is 1. The monoisotopic (exact) mass is 409 g/mol. The molecule has 0 heterocycles. The van der Waals surface area contributed by atoms with Crippen LogP contribution in [-0.2, 0) is 14.8 Å². The lowest BCUT2D eigenvalue weighted by molar-refractivity contribution is 0.0281. The minimum Gasteiger partial charge on any atom is -0.445 e. The van der Waals surface area contributed by atoms with Gasteiger partial charge in [-0.3, -0.25) is 9.52 Å². The number of ketones is 1. The highest BCUT2D eigenvalue weighted by Gasteiger charge is 2.27. The molecule has 3 aromatic carbocycles. The van der Waals surface area contributed by atoms with Crippen LogP contribution in [0.25, 0.3) is 0 Å². The van der Waals surface area contributed by atoms with Crippen molar-refractivity contribution in [2.24, 2.45) is 0 Å². The molecule has 0 aliphatic rings. The molecule has 3 aromatic rings. The summed E-state index contributed by atoms with van der Waals surface area (Å²) in [5.74, 6) is -1.19. The SMILES string of the molecule is CS(=O)(=O)Nc1ccccc1C(=O)OC(C(=O)c1ccccc1)c1ccccc1. The molecule has 0 saturated heterocycles. The fraction of sp³-hybridized carbons (Fsp3) is 0.0909. The summed E-state index contributed by atoms with van der Waals surface area (Å²) in [4.78, 5) is 25.9. The quantitative estimate of drug-likeness (QED) is 0.473. The van der Waals surface area contributed by atoms with E-state index in [-0.39, 0.29) is 17.0 Å². The number of carbonyl (C=O) groups excluding carboxylic acids is 2. The molecular weight excluding hydrogens is 390 g/mol. The maximum absolute atomic E-state index is 13.0. The summed E-state index contributed by atoms with van der Waals surface area (Å²) in [6.45, 7) is 0. The van der Waals surface area contributed by atoms with Crippen LogP contribution in [-0.4, -0.2) is 26.4 Å². The first-order chi connectivity index (χ1) is 13.8. The maximum atomic E-state index is 13.0. The molecule has 0 amide bonds. The van der Waals surface area contributed by atoms with Crippen LogP contribution >= 0.6 is 0 Å². The molecule has 0 spiro atoms. The summed E-state index contributed by atoms with van der Waals surface area (Å²) in [6.07, 6.45) is -0.182. The van der Waals surface area contributed by atoms with Crippen LogP contribution in [0, 0.1) is 0 Å². The zero-order chi connectivity index (χ0) is 20.9. The Kier molecular flexibility index (Phi) is 6.09. The van der Waals surface area contributed by atoms with Crippen molar-refractivity contribution < 1.29 is 22.7 Å². The molecule has 0 aliphatic heterocycles. The van der Waals surface area contributed by atoms with Gasteiger partial charge in [0.1, 0.15) is 0 Å². The second-order valence-electron chi connectivity index (χ2n) is 6.35. The highest BCUT2D eigenvalue weighted by Crippen LogP contribution is 2.26. The Bertz CT molecular complexity index is 1110. The zero-order valence-electron chi connectivity index (χ0n) is 15.6. The molecule has 1 N–H and O–H groups in total. The second kappa shape index (κ2) is 8.70. The lowest BCUT2D eigenvalue weighted by Crippen LogP contribution is -2.21. The van der Waals surface area contributed by atoms with Crippen LogP contribution in [0.3, 0.4) is 0 Å². The topological polar surface area (TPSA) is 89.5 Å².